The van der Waals surface area contributed by atoms with Crippen LogP contribution in [-0.4, -0.2) is 18.0 Å². The SMILES string of the molecule is C[C@H](OC(=O)c1ccccc1Cl)C(=O)Nc1ccccc1-c1ccccc1. The molecule has 3 aromatic rings. The Balaban J connectivity index is 1.73. The molecule has 3 aromatic carbocycles. The van der Waals surface area contributed by atoms with Gasteiger partial charge in [0.1, 0.15) is 0 Å². The van der Waals surface area contributed by atoms with Crippen molar-refractivity contribution in [3.8, 4) is 11.1 Å². The van der Waals surface area contributed by atoms with E-state index in [2.05, 4.69) is 5.32 Å². The predicted octanol–water partition coefficient (Wildman–Crippen LogP) is 5.19. The summed E-state index contributed by atoms with van der Waals surface area (Å²) in [6, 6.07) is 23.7. The second-order valence-electron chi connectivity index (χ2n) is 5.93. The summed E-state index contributed by atoms with van der Waals surface area (Å²) in [5, 5.41) is 3.11. The molecule has 0 radical (unpaired) electrons. The van der Waals surface area contributed by atoms with Crippen LogP contribution in [0.5, 0.6) is 0 Å². The van der Waals surface area contributed by atoms with Gasteiger partial charge >= 0.3 is 5.97 Å². The molecule has 0 aromatic heterocycles. The van der Waals surface area contributed by atoms with Gasteiger partial charge in [-0.15, -0.1) is 0 Å². The van der Waals surface area contributed by atoms with Gasteiger partial charge in [-0.05, 0) is 30.7 Å². The number of carbonyl (C=O) groups excluding carboxylic acids is 2. The molecular formula is C22H18ClNO3. The molecule has 0 spiro atoms. The summed E-state index contributed by atoms with van der Waals surface area (Å²) in [6.45, 7) is 1.52. The molecule has 0 bridgehead atoms. The number of nitrogens with one attached hydrogen (secondary N) is 1. The molecule has 3 rings (SSSR count). The molecule has 1 N–H and O–H groups in total. The highest BCUT2D eigenvalue weighted by Gasteiger charge is 2.21. The third-order valence-corrected chi connectivity index (χ3v) is 4.35. The maximum atomic E-state index is 12.5. The highest BCUT2D eigenvalue weighted by Crippen LogP contribution is 2.27. The van der Waals surface area contributed by atoms with E-state index in [0.717, 1.165) is 11.1 Å². The van der Waals surface area contributed by atoms with E-state index in [1.165, 1.54) is 6.92 Å². The lowest BCUT2D eigenvalue weighted by molar-refractivity contribution is -0.123. The number of hydrogen-bond donors (Lipinski definition) is 1. The fourth-order valence-corrected chi connectivity index (χ4v) is 2.81. The van der Waals surface area contributed by atoms with Gasteiger partial charge in [0.05, 0.1) is 10.6 Å². The van der Waals surface area contributed by atoms with Gasteiger partial charge in [-0.1, -0.05) is 72.3 Å². The van der Waals surface area contributed by atoms with E-state index >= 15 is 0 Å². The summed E-state index contributed by atoms with van der Waals surface area (Å²) < 4.78 is 5.26. The van der Waals surface area contributed by atoms with Crippen LogP contribution in [0.2, 0.25) is 5.02 Å². The lowest BCUT2D eigenvalue weighted by atomic mass is 10.0. The van der Waals surface area contributed by atoms with E-state index < -0.39 is 18.0 Å². The second kappa shape index (κ2) is 8.52. The zero-order valence-electron chi connectivity index (χ0n) is 14.7. The monoisotopic (exact) mass is 379 g/mol. The molecule has 0 unspecified atom stereocenters. The minimum Gasteiger partial charge on any atom is -0.449 e. The van der Waals surface area contributed by atoms with Gasteiger partial charge in [-0.25, -0.2) is 4.79 Å². The van der Waals surface area contributed by atoms with Crippen LogP contribution < -0.4 is 5.32 Å². The molecule has 136 valence electrons. The molecule has 0 aliphatic rings. The van der Waals surface area contributed by atoms with Gasteiger partial charge in [-0.2, -0.15) is 0 Å². The Labute approximate surface area is 162 Å². The number of amides is 1. The van der Waals surface area contributed by atoms with Crippen LogP contribution in [0.1, 0.15) is 17.3 Å². The quantitative estimate of drug-likeness (QED) is 0.620. The normalized spacial score (nSPS) is 11.5. The standard InChI is InChI=1S/C22H18ClNO3/c1-15(27-22(26)18-12-5-7-13-19(18)23)21(25)24-20-14-8-6-11-17(20)16-9-3-2-4-10-16/h2-15H,1H3,(H,24,25)/t15-/m0/s1. The van der Waals surface area contributed by atoms with Crippen molar-refractivity contribution in [3.63, 3.8) is 0 Å². The Morgan fingerprint density at radius 2 is 1.52 bits per heavy atom. The third kappa shape index (κ3) is 4.54. The van der Waals surface area contributed by atoms with E-state index in [1.54, 1.807) is 24.3 Å². The summed E-state index contributed by atoms with van der Waals surface area (Å²) in [7, 11) is 0. The lowest BCUT2D eigenvalue weighted by Crippen LogP contribution is -2.30. The summed E-state index contributed by atoms with van der Waals surface area (Å²) >= 11 is 6.00. The molecule has 0 saturated carbocycles. The first-order chi connectivity index (χ1) is 13.1. The highest BCUT2D eigenvalue weighted by molar-refractivity contribution is 6.33. The first-order valence-electron chi connectivity index (χ1n) is 8.47. The number of para-hydroxylation sites is 1. The van der Waals surface area contributed by atoms with Gasteiger partial charge in [0.25, 0.3) is 5.91 Å². The van der Waals surface area contributed by atoms with Crippen LogP contribution in [-0.2, 0) is 9.53 Å². The van der Waals surface area contributed by atoms with E-state index in [0.29, 0.717) is 5.69 Å². The van der Waals surface area contributed by atoms with Crippen molar-refractivity contribution in [2.45, 2.75) is 13.0 Å². The van der Waals surface area contributed by atoms with Gasteiger partial charge in [0.15, 0.2) is 6.10 Å². The molecule has 0 aliphatic heterocycles. The number of benzene rings is 3. The summed E-state index contributed by atoms with van der Waals surface area (Å²) in [4.78, 5) is 24.8. The van der Waals surface area contributed by atoms with Crippen LogP contribution in [0.25, 0.3) is 11.1 Å². The van der Waals surface area contributed by atoms with Crippen LogP contribution in [0.4, 0.5) is 5.69 Å². The van der Waals surface area contributed by atoms with Gasteiger partial charge in [0.2, 0.25) is 0 Å². The zero-order valence-corrected chi connectivity index (χ0v) is 15.4. The number of halogens is 1. The molecule has 4 nitrogen and oxygen atoms in total. The molecule has 0 heterocycles. The average Bonchev–Trinajstić information content (AvgIpc) is 2.69. The van der Waals surface area contributed by atoms with Crippen molar-refractivity contribution in [2.24, 2.45) is 0 Å². The molecule has 0 aliphatic carbocycles. The number of rotatable bonds is 5. The van der Waals surface area contributed by atoms with Crippen molar-refractivity contribution in [3.05, 3.63) is 89.4 Å². The maximum absolute atomic E-state index is 12.5. The molecule has 1 atom stereocenters. The van der Waals surface area contributed by atoms with Crippen molar-refractivity contribution in [1.82, 2.24) is 0 Å². The fraction of sp³-hybridized carbons (Fsp3) is 0.0909. The minimum absolute atomic E-state index is 0.225. The van der Waals surface area contributed by atoms with E-state index in [1.807, 2.05) is 54.6 Å². The number of carbonyl (C=O) groups is 2. The predicted molar refractivity (Wildman–Crippen MR) is 107 cm³/mol. The Bertz CT molecular complexity index is 957. The van der Waals surface area contributed by atoms with E-state index in [-0.39, 0.29) is 10.6 Å². The van der Waals surface area contributed by atoms with Crippen LogP contribution in [0.15, 0.2) is 78.9 Å². The van der Waals surface area contributed by atoms with Gasteiger partial charge in [0, 0.05) is 11.3 Å². The summed E-state index contributed by atoms with van der Waals surface area (Å²) in [5.74, 6) is -1.06. The zero-order chi connectivity index (χ0) is 19.2. The first-order valence-corrected chi connectivity index (χ1v) is 8.85. The Kier molecular flexibility index (Phi) is 5.89. The lowest BCUT2D eigenvalue weighted by Gasteiger charge is -2.16. The Hall–Kier alpha value is -3.11. The number of ether oxygens (including phenoxy) is 1. The summed E-state index contributed by atoms with van der Waals surface area (Å²) in [6.07, 6.45) is -0.974. The number of anilines is 1. The molecule has 5 heteroatoms. The number of esters is 1. The Morgan fingerprint density at radius 1 is 0.889 bits per heavy atom. The largest absolute Gasteiger partial charge is 0.449 e. The molecule has 1 amide bonds. The van der Waals surface area contributed by atoms with Crippen molar-refractivity contribution >= 4 is 29.2 Å². The van der Waals surface area contributed by atoms with Gasteiger partial charge < -0.3 is 10.1 Å². The fourth-order valence-electron chi connectivity index (χ4n) is 2.60. The molecule has 0 fully saturated rings. The van der Waals surface area contributed by atoms with Crippen LogP contribution in [0.3, 0.4) is 0 Å². The van der Waals surface area contributed by atoms with E-state index in [9.17, 15) is 9.59 Å². The maximum Gasteiger partial charge on any atom is 0.340 e. The highest BCUT2D eigenvalue weighted by atomic mass is 35.5. The molecule has 27 heavy (non-hydrogen) atoms. The van der Waals surface area contributed by atoms with E-state index in [4.69, 9.17) is 16.3 Å². The number of hydrogen-bond acceptors (Lipinski definition) is 3. The first kappa shape index (κ1) is 18.7. The average molecular weight is 380 g/mol. The second-order valence-corrected chi connectivity index (χ2v) is 6.34. The van der Waals surface area contributed by atoms with Crippen molar-refractivity contribution in [2.75, 3.05) is 5.32 Å². The molecule has 0 saturated heterocycles. The van der Waals surface area contributed by atoms with Crippen LogP contribution >= 0.6 is 11.6 Å². The topological polar surface area (TPSA) is 55.4 Å². The Morgan fingerprint density at radius 3 is 2.26 bits per heavy atom. The minimum atomic E-state index is -0.974. The van der Waals surface area contributed by atoms with Gasteiger partial charge in [-0.3, -0.25) is 4.79 Å². The molecular weight excluding hydrogens is 362 g/mol. The third-order valence-electron chi connectivity index (χ3n) is 4.02. The summed E-state index contributed by atoms with van der Waals surface area (Å²) in [5.41, 5.74) is 2.74. The van der Waals surface area contributed by atoms with Crippen molar-refractivity contribution in [1.29, 1.82) is 0 Å². The van der Waals surface area contributed by atoms with Crippen LogP contribution in [0, 0.1) is 0 Å². The van der Waals surface area contributed by atoms with Crippen molar-refractivity contribution < 1.29 is 14.3 Å². The smallest absolute Gasteiger partial charge is 0.340 e.